The summed E-state index contributed by atoms with van der Waals surface area (Å²) in [6, 6.07) is 3.42. The summed E-state index contributed by atoms with van der Waals surface area (Å²) in [6.45, 7) is 6.01. The van der Waals surface area contributed by atoms with Crippen LogP contribution in [0.5, 0.6) is 0 Å². The van der Waals surface area contributed by atoms with E-state index in [1.807, 2.05) is 12.1 Å². The molecular weight excluding hydrogens is 308 g/mol. The first-order valence-corrected chi connectivity index (χ1v) is 8.57. The highest BCUT2D eigenvalue weighted by molar-refractivity contribution is 5.89. The number of hydrogen-bond acceptors (Lipinski definition) is 5. The van der Waals surface area contributed by atoms with Crippen LogP contribution < -0.4 is 15.5 Å². The van der Waals surface area contributed by atoms with Gasteiger partial charge in [-0.1, -0.05) is 0 Å². The van der Waals surface area contributed by atoms with E-state index >= 15 is 0 Å². The van der Waals surface area contributed by atoms with Crippen LogP contribution in [0.25, 0.3) is 0 Å². The fourth-order valence-electron chi connectivity index (χ4n) is 3.19. The van der Waals surface area contributed by atoms with Crippen LogP contribution >= 0.6 is 0 Å². The molecule has 2 heterocycles. The molecule has 0 spiro atoms. The number of hydrogen-bond donors (Lipinski definition) is 3. The third-order valence-electron chi connectivity index (χ3n) is 4.61. The Balaban J connectivity index is 1.51. The highest BCUT2D eigenvalue weighted by Crippen LogP contribution is 2.30. The normalized spacial score (nSPS) is 25.7. The molecule has 2 amide bonds. The first kappa shape index (κ1) is 17.0. The smallest absolute Gasteiger partial charge is 0.319 e. The number of nitrogens with one attached hydrogen (secondary N) is 2. The van der Waals surface area contributed by atoms with E-state index in [1.54, 1.807) is 6.20 Å². The maximum absolute atomic E-state index is 11.9. The molecule has 1 saturated heterocycles. The van der Waals surface area contributed by atoms with Crippen LogP contribution in [-0.2, 0) is 4.74 Å². The minimum absolute atomic E-state index is 0.177. The summed E-state index contributed by atoms with van der Waals surface area (Å²) < 4.78 is 5.73. The zero-order valence-corrected chi connectivity index (χ0v) is 14.3. The van der Waals surface area contributed by atoms with Crippen LogP contribution in [0.3, 0.4) is 0 Å². The highest BCUT2D eigenvalue weighted by atomic mass is 16.5. The van der Waals surface area contributed by atoms with Crippen LogP contribution in [0.15, 0.2) is 18.3 Å². The minimum atomic E-state index is -0.719. The number of amides is 2. The Morgan fingerprint density at radius 3 is 2.62 bits per heavy atom. The average Bonchev–Trinajstić information content (AvgIpc) is 2.51. The largest absolute Gasteiger partial charge is 0.388 e. The Bertz CT molecular complexity index is 564. The number of ether oxygens (including phenoxy) is 1. The summed E-state index contributed by atoms with van der Waals surface area (Å²) in [5.74, 6) is 0.881. The molecule has 24 heavy (non-hydrogen) atoms. The van der Waals surface area contributed by atoms with Crippen LogP contribution in [-0.4, -0.2) is 53.6 Å². The molecular formula is C17H26N4O3. The van der Waals surface area contributed by atoms with E-state index < -0.39 is 5.60 Å². The number of aliphatic hydroxyl groups is 1. The van der Waals surface area contributed by atoms with Gasteiger partial charge in [0.05, 0.1) is 29.7 Å². The maximum atomic E-state index is 11.9. The van der Waals surface area contributed by atoms with E-state index in [4.69, 9.17) is 4.74 Å². The molecule has 1 aromatic heterocycles. The summed E-state index contributed by atoms with van der Waals surface area (Å²) in [4.78, 5) is 18.5. The summed E-state index contributed by atoms with van der Waals surface area (Å²) in [6.07, 6.45) is 4.52. The van der Waals surface area contributed by atoms with E-state index in [9.17, 15) is 9.90 Å². The zero-order chi connectivity index (χ0) is 17.2. The third-order valence-corrected chi connectivity index (χ3v) is 4.61. The molecule has 2 fully saturated rings. The fourth-order valence-corrected chi connectivity index (χ4v) is 3.19. The van der Waals surface area contributed by atoms with Crippen LogP contribution in [0, 0.1) is 0 Å². The third kappa shape index (κ3) is 4.15. The average molecular weight is 334 g/mol. The SMILES string of the molecule is C[C@@H]1CN(c2ccc(NC(=O)NCC3(O)CCC3)cn2)C[C@@H](C)O1. The number of aromatic nitrogens is 1. The Kier molecular flexibility index (Phi) is 4.91. The lowest BCUT2D eigenvalue weighted by Crippen LogP contribution is -2.48. The van der Waals surface area contributed by atoms with Crippen molar-refractivity contribution in [3.8, 4) is 0 Å². The van der Waals surface area contributed by atoms with Gasteiger partial charge in [-0.2, -0.15) is 0 Å². The second-order valence-corrected chi connectivity index (χ2v) is 6.95. The molecule has 3 rings (SSSR count). The van der Waals surface area contributed by atoms with Crippen molar-refractivity contribution in [2.75, 3.05) is 29.9 Å². The molecule has 0 aromatic carbocycles. The molecule has 1 aromatic rings. The number of rotatable bonds is 4. The van der Waals surface area contributed by atoms with Gasteiger partial charge in [0.1, 0.15) is 5.82 Å². The lowest BCUT2D eigenvalue weighted by Gasteiger charge is -2.36. The molecule has 2 atom stereocenters. The van der Waals surface area contributed by atoms with Crippen molar-refractivity contribution in [1.82, 2.24) is 10.3 Å². The van der Waals surface area contributed by atoms with Crippen molar-refractivity contribution in [3.05, 3.63) is 18.3 Å². The van der Waals surface area contributed by atoms with Gasteiger partial charge in [0.2, 0.25) is 0 Å². The fraction of sp³-hybridized carbons (Fsp3) is 0.647. The van der Waals surface area contributed by atoms with E-state index in [0.717, 1.165) is 38.2 Å². The Morgan fingerprint density at radius 2 is 2.08 bits per heavy atom. The van der Waals surface area contributed by atoms with E-state index in [0.29, 0.717) is 5.69 Å². The van der Waals surface area contributed by atoms with Crippen molar-refractivity contribution >= 4 is 17.5 Å². The molecule has 1 aliphatic carbocycles. The Labute approximate surface area is 142 Å². The summed E-state index contributed by atoms with van der Waals surface area (Å²) in [5, 5.41) is 15.4. The number of urea groups is 1. The van der Waals surface area contributed by atoms with Crippen molar-refractivity contribution in [2.45, 2.75) is 50.9 Å². The minimum Gasteiger partial charge on any atom is -0.388 e. The Hall–Kier alpha value is -1.86. The lowest BCUT2D eigenvalue weighted by atomic mass is 9.80. The van der Waals surface area contributed by atoms with Crippen molar-refractivity contribution < 1.29 is 14.6 Å². The second kappa shape index (κ2) is 6.94. The van der Waals surface area contributed by atoms with Gasteiger partial charge in [0.15, 0.2) is 0 Å². The van der Waals surface area contributed by atoms with E-state index in [2.05, 4.69) is 34.4 Å². The maximum Gasteiger partial charge on any atom is 0.319 e. The lowest BCUT2D eigenvalue weighted by molar-refractivity contribution is -0.0287. The summed E-state index contributed by atoms with van der Waals surface area (Å²) >= 11 is 0. The number of morpholine rings is 1. The van der Waals surface area contributed by atoms with Gasteiger partial charge in [0, 0.05) is 19.6 Å². The topological polar surface area (TPSA) is 86.7 Å². The second-order valence-electron chi connectivity index (χ2n) is 6.95. The molecule has 0 bridgehead atoms. The standard InChI is InChI=1S/C17H26N4O3/c1-12-9-21(10-13(2)24-12)15-5-4-14(8-18-15)20-16(22)19-11-17(23)6-3-7-17/h4-5,8,12-13,23H,3,6-7,9-11H2,1-2H3,(H2,19,20,22)/t12-,13-/m1/s1. The number of carbonyl (C=O) groups is 1. The predicted octanol–water partition coefficient (Wildman–Crippen LogP) is 1.73. The molecule has 0 radical (unpaired) electrons. The summed E-state index contributed by atoms with van der Waals surface area (Å²) in [7, 11) is 0. The Morgan fingerprint density at radius 1 is 1.38 bits per heavy atom. The molecule has 7 nitrogen and oxygen atoms in total. The van der Waals surface area contributed by atoms with Crippen LogP contribution in [0.1, 0.15) is 33.1 Å². The first-order valence-electron chi connectivity index (χ1n) is 8.57. The molecule has 3 N–H and O–H groups in total. The molecule has 1 saturated carbocycles. The van der Waals surface area contributed by atoms with Gasteiger partial charge in [-0.05, 0) is 45.2 Å². The van der Waals surface area contributed by atoms with Gasteiger partial charge >= 0.3 is 6.03 Å². The quantitative estimate of drug-likeness (QED) is 0.781. The molecule has 1 aliphatic heterocycles. The summed E-state index contributed by atoms with van der Waals surface area (Å²) in [5.41, 5.74) is -0.0883. The zero-order valence-electron chi connectivity index (χ0n) is 14.3. The highest BCUT2D eigenvalue weighted by Gasteiger charge is 2.34. The van der Waals surface area contributed by atoms with E-state index in [-0.39, 0.29) is 24.8 Å². The van der Waals surface area contributed by atoms with Crippen LogP contribution in [0.2, 0.25) is 0 Å². The van der Waals surface area contributed by atoms with Gasteiger partial charge in [0.25, 0.3) is 0 Å². The number of pyridine rings is 1. The number of anilines is 2. The van der Waals surface area contributed by atoms with Crippen LogP contribution in [0.4, 0.5) is 16.3 Å². The monoisotopic (exact) mass is 334 g/mol. The molecule has 132 valence electrons. The van der Waals surface area contributed by atoms with Crippen molar-refractivity contribution in [2.24, 2.45) is 0 Å². The van der Waals surface area contributed by atoms with Gasteiger partial charge in [-0.25, -0.2) is 9.78 Å². The number of nitrogens with zero attached hydrogens (tertiary/aromatic N) is 2. The van der Waals surface area contributed by atoms with Crippen molar-refractivity contribution in [1.29, 1.82) is 0 Å². The van der Waals surface area contributed by atoms with Gasteiger partial charge in [-0.15, -0.1) is 0 Å². The van der Waals surface area contributed by atoms with Gasteiger partial charge < -0.3 is 25.4 Å². The first-order chi connectivity index (χ1) is 11.4. The van der Waals surface area contributed by atoms with E-state index in [1.165, 1.54) is 0 Å². The van der Waals surface area contributed by atoms with Crippen molar-refractivity contribution in [3.63, 3.8) is 0 Å². The van der Waals surface area contributed by atoms with Gasteiger partial charge in [-0.3, -0.25) is 0 Å². The molecule has 7 heteroatoms. The number of carbonyl (C=O) groups excluding carboxylic acids is 1. The molecule has 2 aliphatic rings. The molecule has 0 unspecified atom stereocenters. The predicted molar refractivity (Wildman–Crippen MR) is 92.3 cm³/mol.